The SMILES string of the molecule is C[C@H]1Cc2ccccc2[C@@H]1NC(=O)C(C)(C)C. The van der Waals surface area contributed by atoms with Crippen molar-refractivity contribution in [1.82, 2.24) is 5.32 Å². The van der Waals surface area contributed by atoms with Crippen molar-refractivity contribution < 1.29 is 4.79 Å². The lowest BCUT2D eigenvalue weighted by molar-refractivity contribution is -0.129. The van der Waals surface area contributed by atoms with E-state index in [4.69, 9.17) is 0 Å². The summed E-state index contributed by atoms with van der Waals surface area (Å²) in [5, 5.41) is 3.19. The van der Waals surface area contributed by atoms with Gasteiger partial charge in [-0.05, 0) is 23.5 Å². The quantitative estimate of drug-likeness (QED) is 0.790. The van der Waals surface area contributed by atoms with E-state index in [9.17, 15) is 4.79 Å². The minimum Gasteiger partial charge on any atom is -0.349 e. The van der Waals surface area contributed by atoms with Crippen LogP contribution in [0.2, 0.25) is 0 Å². The predicted octanol–water partition coefficient (Wildman–Crippen LogP) is 3.08. The summed E-state index contributed by atoms with van der Waals surface area (Å²) in [7, 11) is 0. The smallest absolute Gasteiger partial charge is 0.225 e. The van der Waals surface area contributed by atoms with Gasteiger partial charge in [0.2, 0.25) is 5.91 Å². The molecule has 0 aromatic heterocycles. The monoisotopic (exact) mass is 231 g/mol. The molecule has 0 aliphatic heterocycles. The summed E-state index contributed by atoms with van der Waals surface area (Å²) in [6.07, 6.45) is 1.06. The van der Waals surface area contributed by atoms with Crippen LogP contribution in [0.4, 0.5) is 0 Å². The van der Waals surface area contributed by atoms with Gasteiger partial charge in [-0.25, -0.2) is 0 Å². The molecule has 0 saturated heterocycles. The van der Waals surface area contributed by atoms with Crippen LogP contribution >= 0.6 is 0 Å². The van der Waals surface area contributed by atoms with Gasteiger partial charge in [0.05, 0.1) is 6.04 Å². The Bertz CT molecular complexity index is 431. The van der Waals surface area contributed by atoms with Gasteiger partial charge in [0, 0.05) is 5.41 Å². The maximum absolute atomic E-state index is 12.1. The van der Waals surface area contributed by atoms with Crippen LogP contribution in [0.25, 0.3) is 0 Å². The third-order valence-corrected chi connectivity index (χ3v) is 3.47. The van der Waals surface area contributed by atoms with Gasteiger partial charge in [-0.2, -0.15) is 0 Å². The van der Waals surface area contributed by atoms with E-state index in [2.05, 4.69) is 30.4 Å². The molecule has 2 nitrogen and oxygen atoms in total. The van der Waals surface area contributed by atoms with Crippen molar-refractivity contribution >= 4 is 5.91 Å². The van der Waals surface area contributed by atoms with Gasteiger partial charge in [-0.3, -0.25) is 4.79 Å². The highest BCUT2D eigenvalue weighted by Crippen LogP contribution is 2.36. The minimum absolute atomic E-state index is 0.131. The molecule has 1 aromatic rings. The molecule has 2 heteroatoms. The van der Waals surface area contributed by atoms with E-state index in [1.54, 1.807) is 0 Å². The van der Waals surface area contributed by atoms with Gasteiger partial charge < -0.3 is 5.32 Å². The van der Waals surface area contributed by atoms with Crippen molar-refractivity contribution in [2.45, 2.75) is 40.2 Å². The molecule has 0 unspecified atom stereocenters. The number of rotatable bonds is 1. The van der Waals surface area contributed by atoms with Crippen LogP contribution in [0.15, 0.2) is 24.3 Å². The zero-order chi connectivity index (χ0) is 12.6. The van der Waals surface area contributed by atoms with Crippen LogP contribution in [-0.4, -0.2) is 5.91 Å². The Hall–Kier alpha value is -1.31. The first-order valence-electron chi connectivity index (χ1n) is 6.28. The van der Waals surface area contributed by atoms with Crippen LogP contribution in [-0.2, 0) is 11.2 Å². The lowest BCUT2D eigenvalue weighted by atomic mass is 9.93. The fraction of sp³-hybridized carbons (Fsp3) is 0.533. The first kappa shape index (κ1) is 12.2. The number of hydrogen-bond donors (Lipinski definition) is 1. The molecule has 1 aromatic carbocycles. The van der Waals surface area contributed by atoms with Crippen molar-refractivity contribution in [1.29, 1.82) is 0 Å². The Morgan fingerprint density at radius 1 is 1.29 bits per heavy atom. The standard InChI is InChI=1S/C15H21NO/c1-10-9-11-7-5-6-8-12(11)13(10)16-14(17)15(2,3)4/h5-8,10,13H,9H2,1-4H3,(H,16,17)/t10-,13+/m0/s1. The average molecular weight is 231 g/mol. The molecular formula is C15H21NO. The molecule has 0 saturated carbocycles. The summed E-state index contributed by atoms with van der Waals surface area (Å²) in [4.78, 5) is 12.1. The largest absolute Gasteiger partial charge is 0.349 e. The Labute approximate surface area is 103 Å². The molecule has 2 rings (SSSR count). The Morgan fingerprint density at radius 2 is 1.94 bits per heavy atom. The molecule has 0 radical (unpaired) electrons. The number of hydrogen-bond acceptors (Lipinski definition) is 1. The third kappa shape index (κ3) is 2.36. The maximum atomic E-state index is 12.1. The van der Waals surface area contributed by atoms with Gasteiger partial charge in [-0.1, -0.05) is 52.0 Å². The molecule has 2 atom stereocenters. The summed E-state index contributed by atoms with van der Waals surface area (Å²) in [5.41, 5.74) is 2.34. The first-order valence-corrected chi connectivity index (χ1v) is 6.28. The fourth-order valence-corrected chi connectivity index (χ4v) is 2.37. The highest BCUT2D eigenvalue weighted by molar-refractivity contribution is 5.82. The van der Waals surface area contributed by atoms with Crippen LogP contribution in [0, 0.1) is 11.3 Å². The van der Waals surface area contributed by atoms with Gasteiger partial charge in [0.25, 0.3) is 0 Å². The van der Waals surface area contributed by atoms with Crippen LogP contribution in [0.3, 0.4) is 0 Å². The third-order valence-electron chi connectivity index (χ3n) is 3.47. The van der Waals surface area contributed by atoms with Crippen molar-refractivity contribution in [2.24, 2.45) is 11.3 Å². The molecule has 1 amide bonds. The van der Waals surface area contributed by atoms with Gasteiger partial charge in [0.15, 0.2) is 0 Å². The lowest BCUT2D eigenvalue weighted by Crippen LogP contribution is -2.38. The molecule has 17 heavy (non-hydrogen) atoms. The summed E-state index contributed by atoms with van der Waals surface area (Å²) in [6.45, 7) is 8.06. The number of carbonyl (C=O) groups excluding carboxylic acids is 1. The highest BCUT2D eigenvalue weighted by Gasteiger charge is 2.32. The van der Waals surface area contributed by atoms with E-state index in [0.29, 0.717) is 5.92 Å². The second-order valence-electron chi connectivity index (χ2n) is 6.08. The van der Waals surface area contributed by atoms with E-state index in [1.165, 1.54) is 11.1 Å². The Kier molecular flexibility index (Phi) is 2.98. The molecule has 0 heterocycles. The van der Waals surface area contributed by atoms with Crippen molar-refractivity contribution in [3.63, 3.8) is 0 Å². The summed E-state index contributed by atoms with van der Waals surface area (Å²) < 4.78 is 0. The van der Waals surface area contributed by atoms with Crippen LogP contribution < -0.4 is 5.32 Å². The number of carbonyl (C=O) groups is 1. The summed E-state index contributed by atoms with van der Waals surface area (Å²) in [5.74, 6) is 0.616. The average Bonchev–Trinajstić information content (AvgIpc) is 2.54. The predicted molar refractivity (Wildman–Crippen MR) is 69.6 cm³/mol. The topological polar surface area (TPSA) is 29.1 Å². The zero-order valence-corrected chi connectivity index (χ0v) is 11.1. The maximum Gasteiger partial charge on any atom is 0.225 e. The molecule has 1 aliphatic rings. The Balaban J connectivity index is 2.20. The number of benzene rings is 1. The number of fused-ring (bicyclic) bond motifs is 1. The molecular weight excluding hydrogens is 210 g/mol. The summed E-state index contributed by atoms with van der Waals surface area (Å²) >= 11 is 0. The van der Waals surface area contributed by atoms with Gasteiger partial charge in [-0.15, -0.1) is 0 Å². The second kappa shape index (κ2) is 4.17. The zero-order valence-electron chi connectivity index (χ0n) is 11.1. The van der Waals surface area contributed by atoms with Crippen molar-refractivity contribution in [3.05, 3.63) is 35.4 Å². The van der Waals surface area contributed by atoms with E-state index in [0.717, 1.165) is 6.42 Å². The molecule has 0 bridgehead atoms. The Morgan fingerprint density at radius 3 is 2.59 bits per heavy atom. The molecule has 1 N–H and O–H groups in total. The fourth-order valence-electron chi connectivity index (χ4n) is 2.37. The second-order valence-corrected chi connectivity index (χ2v) is 6.08. The summed E-state index contributed by atoms with van der Waals surface area (Å²) in [6, 6.07) is 8.59. The first-order chi connectivity index (χ1) is 7.89. The molecule has 1 aliphatic carbocycles. The lowest BCUT2D eigenvalue weighted by Gasteiger charge is -2.24. The van der Waals surface area contributed by atoms with E-state index in [-0.39, 0.29) is 17.4 Å². The van der Waals surface area contributed by atoms with E-state index < -0.39 is 0 Å². The van der Waals surface area contributed by atoms with E-state index >= 15 is 0 Å². The van der Waals surface area contributed by atoms with Crippen LogP contribution in [0.1, 0.15) is 44.9 Å². The molecule has 92 valence electrons. The van der Waals surface area contributed by atoms with Crippen molar-refractivity contribution in [2.75, 3.05) is 0 Å². The van der Waals surface area contributed by atoms with Gasteiger partial charge in [0.1, 0.15) is 0 Å². The van der Waals surface area contributed by atoms with Gasteiger partial charge >= 0.3 is 0 Å². The van der Waals surface area contributed by atoms with E-state index in [1.807, 2.05) is 26.8 Å². The number of amides is 1. The normalized spacial score (nSPS) is 23.3. The number of nitrogens with one attached hydrogen (secondary N) is 1. The van der Waals surface area contributed by atoms with Crippen LogP contribution in [0.5, 0.6) is 0 Å². The highest BCUT2D eigenvalue weighted by atomic mass is 16.2. The molecule has 0 fully saturated rings. The molecule has 0 spiro atoms. The van der Waals surface area contributed by atoms with Crippen molar-refractivity contribution in [3.8, 4) is 0 Å². The minimum atomic E-state index is -0.322.